The molecule has 0 fully saturated rings. The van der Waals surface area contributed by atoms with Crippen LogP contribution in [0.3, 0.4) is 0 Å². The number of hydrogen-bond donors (Lipinski definition) is 0. The van der Waals surface area contributed by atoms with E-state index < -0.39 is 0 Å². The van der Waals surface area contributed by atoms with E-state index in [1.807, 2.05) is 29.4 Å². The van der Waals surface area contributed by atoms with Crippen molar-refractivity contribution in [3.8, 4) is 5.75 Å². The van der Waals surface area contributed by atoms with Gasteiger partial charge in [-0.15, -0.1) is 11.8 Å². The molecule has 0 unspecified atom stereocenters. The van der Waals surface area contributed by atoms with Gasteiger partial charge in [0, 0.05) is 10.5 Å². The summed E-state index contributed by atoms with van der Waals surface area (Å²) in [5, 5.41) is 0. The zero-order valence-corrected chi connectivity index (χ0v) is 12.1. The first-order valence-corrected chi connectivity index (χ1v) is 7.53. The summed E-state index contributed by atoms with van der Waals surface area (Å²) >= 11 is 6.72. The molecule has 0 saturated carbocycles. The SMILES string of the molecule is COc1ccc2c(c1)/C(=C/Br)SC(SC)=N2. The van der Waals surface area contributed by atoms with Crippen LogP contribution in [0, 0.1) is 0 Å². The Bertz CT molecular complexity index is 471. The fourth-order valence-electron chi connectivity index (χ4n) is 1.38. The third-order valence-electron chi connectivity index (χ3n) is 2.15. The number of benzene rings is 1. The van der Waals surface area contributed by atoms with Crippen molar-refractivity contribution in [1.82, 2.24) is 0 Å². The van der Waals surface area contributed by atoms with Crippen LogP contribution in [-0.4, -0.2) is 17.7 Å². The third kappa shape index (κ3) is 2.31. The topological polar surface area (TPSA) is 21.6 Å². The first-order valence-electron chi connectivity index (χ1n) is 4.58. The lowest BCUT2D eigenvalue weighted by Gasteiger charge is -2.16. The van der Waals surface area contributed by atoms with Gasteiger partial charge in [-0.05, 0) is 29.4 Å². The molecule has 0 saturated heterocycles. The molecule has 1 aliphatic heterocycles. The predicted molar refractivity (Wildman–Crippen MR) is 78.1 cm³/mol. The van der Waals surface area contributed by atoms with E-state index in [4.69, 9.17) is 4.74 Å². The van der Waals surface area contributed by atoms with Crippen LogP contribution in [0.1, 0.15) is 5.56 Å². The Morgan fingerprint density at radius 3 is 2.94 bits per heavy atom. The molecular formula is C11H10BrNOS2. The zero-order valence-electron chi connectivity index (χ0n) is 8.86. The van der Waals surface area contributed by atoms with Crippen molar-refractivity contribution >= 4 is 54.4 Å². The number of rotatable bonds is 1. The average Bonchev–Trinajstić information content (AvgIpc) is 2.36. The number of ether oxygens (including phenoxy) is 1. The van der Waals surface area contributed by atoms with E-state index in [1.54, 1.807) is 30.6 Å². The number of nitrogens with zero attached hydrogens (tertiary/aromatic N) is 1. The maximum absolute atomic E-state index is 5.22. The minimum Gasteiger partial charge on any atom is -0.497 e. The van der Waals surface area contributed by atoms with Gasteiger partial charge < -0.3 is 4.74 Å². The van der Waals surface area contributed by atoms with Gasteiger partial charge in [0.1, 0.15) is 10.1 Å². The number of thioether (sulfide) groups is 2. The predicted octanol–water partition coefficient (Wildman–Crippen LogP) is 4.49. The van der Waals surface area contributed by atoms with E-state index in [9.17, 15) is 0 Å². The summed E-state index contributed by atoms with van der Waals surface area (Å²) in [6, 6.07) is 5.93. The standard InChI is InChI=1S/C11H10BrNOS2/c1-14-7-3-4-9-8(5-7)10(6-12)16-11(13-9)15-2/h3-6H,1-2H3/b10-6-. The maximum Gasteiger partial charge on any atom is 0.135 e. The van der Waals surface area contributed by atoms with Crippen LogP contribution in [0.5, 0.6) is 5.75 Å². The van der Waals surface area contributed by atoms with Crippen molar-refractivity contribution in [3.63, 3.8) is 0 Å². The smallest absolute Gasteiger partial charge is 0.135 e. The van der Waals surface area contributed by atoms with Gasteiger partial charge in [0.05, 0.1) is 12.8 Å². The monoisotopic (exact) mass is 315 g/mol. The number of aliphatic imine (C=N–C) groups is 1. The second kappa shape index (κ2) is 5.29. The molecule has 0 atom stereocenters. The summed E-state index contributed by atoms with van der Waals surface area (Å²) in [4.78, 5) is 7.65. The normalized spacial score (nSPS) is 16.9. The van der Waals surface area contributed by atoms with E-state index in [2.05, 4.69) is 20.9 Å². The van der Waals surface area contributed by atoms with Crippen LogP contribution < -0.4 is 4.74 Å². The number of methoxy groups -OCH3 is 1. The Morgan fingerprint density at radius 1 is 1.50 bits per heavy atom. The molecule has 0 aliphatic carbocycles. The molecule has 1 heterocycles. The van der Waals surface area contributed by atoms with Crippen LogP contribution in [-0.2, 0) is 0 Å². The van der Waals surface area contributed by atoms with Gasteiger partial charge in [0.15, 0.2) is 0 Å². The number of hydrogen-bond acceptors (Lipinski definition) is 4. The van der Waals surface area contributed by atoms with Gasteiger partial charge in [0.25, 0.3) is 0 Å². The van der Waals surface area contributed by atoms with Gasteiger partial charge in [-0.2, -0.15) is 0 Å². The molecule has 1 aromatic rings. The molecule has 0 N–H and O–H groups in total. The average molecular weight is 316 g/mol. The van der Waals surface area contributed by atoms with Crippen molar-refractivity contribution in [2.24, 2.45) is 4.99 Å². The van der Waals surface area contributed by atoms with Crippen LogP contribution in [0.25, 0.3) is 4.91 Å². The summed E-state index contributed by atoms with van der Waals surface area (Å²) < 4.78 is 6.28. The maximum atomic E-state index is 5.22. The van der Waals surface area contributed by atoms with E-state index >= 15 is 0 Å². The molecule has 1 aromatic carbocycles. The first kappa shape index (κ1) is 12.1. The quantitative estimate of drug-likeness (QED) is 0.762. The first-order chi connectivity index (χ1) is 7.78. The third-order valence-corrected chi connectivity index (χ3v) is 4.93. The fourth-order valence-corrected chi connectivity index (χ4v) is 3.34. The molecule has 2 rings (SSSR count). The van der Waals surface area contributed by atoms with E-state index in [0.29, 0.717) is 0 Å². The fraction of sp³-hybridized carbons (Fsp3) is 0.182. The van der Waals surface area contributed by atoms with Crippen LogP contribution in [0.2, 0.25) is 0 Å². The Hall–Kier alpha value is -0.390. The van der Waals surface area contributed by atoms with Gasteiger partial charge in [-0.3, -0.25) is 0 Å². The van der Waals surface area contributed by atoms with Crippen LogP contribution >= 0.6 is 39.5 Å². The van der Waals surface area contributed by atoms with E-state index in [0.717, 1.165) is 26.3 Å². The summed E-state index contributed by atoms with van der Waals surface area (Å²) in [5.74, 6) is 0.856. The molecule has 16 heavy (non-hydrogen) atoms. The Balaban J connectivity index is 2.53. The molecule has 0 spiro atoms. The number of halogens is 1. The second-order valence-electron chi connectivity index (χ2n) is 3.04. The van der Waals surface area contributed by atoms with Crippen molar-refractivity contribution in [1.29, 1.82) is 0 Å². The van der Waals surface area contributed by atoms with Gasteiger partial charge in [-0.25, -0.2) is 4.99 Å². The van der Waals surface area contributed by atoms with Crippen molar-refractivity contribution in [2.45, 2.75) is 0 Å². The molecule has 0 bridgehead atoms. The van der Waals surface area contributed by atoms with Crippen molar-refractivity contribution in [2.75, 3.05) is 13.4 Å². The largest absolute Gasteiger partial charge is 0.497 e. The number of fused-ring (bicyclic) bond motifs is 1. The lowest BCUT2D eigenvalue weighted by Crippen LogP contribution is -1.95. The molecule has 0 amide bonds. The minimum atomic E-state index is 0.856. The van der Waals surface area contributed by atoms with Crippen LogP contribution in [0.15, 0.2) is 28.2 Å². The second-order valence-corrected chi connectivity index (χ2v) is 5.58. The van der Waals surface area contributed by atoms with Crippen molar-refractivity contribution in [3.05, 3.63) is 28.7 Å². The Morgan fingerprint density at radius 2 is 2.31 bits per heavy atom. The molecular weight excluding hydrogens is 306 g/mol. The zero-order chi connectivity index (χ0) is 11.5. The van der Waals surface area contributed by atoms with Gasteiger partial charge >= 0.3 is 0 Å². The molecule has 5 heteroatoms. The molecule has 2 nitrogen and oxygen atoms in total. The molecule has 1 aliphatic rings. The highest BCUT2D eigenvalue weighted by molar-refractivity contribution is 9.11. The van der Waals surface area contributed by atoms with Crippen LogP contribution in [0.4, 0.5) is 5.69 Å². The highest BCUT2D eigenvalue weighted by atomic mass is 79.9. The summed E-state index contributed by atoms with van der Waals surface area (Å²) in [6.07, 6.45) is 2.03. The molecule has 0 radical (unpaired) electrons. The summed E-state index contributed by atoms with van der Waals surface area (Å²) in [6.45, 7) is 0. The highest BCUT2D eigenvalue weighted by Gasteiger charge is 2.17. The molecule has 0 aromatic heterocycles. The summed E-state index contributed by atoms with van der Waals surface area (Å²) in [7, 11) is 1.67. The lowest BCUT2D eigenvalue weighted by molar-refractivity contribution is 0.415. The van der Waals surface area contributed by atoms with Gasteiger partial charge in [0.2, 0.25) is 0 Å². The Labute approximate surface area is 112 Å². The van der Waals surface area contributed by atoms with Crippen molar-refractivity contribution < 1.29 is 4.74 Å². The van der Waals surface area contributed by atoms with E-state index in [1.165, 1.54) is 0 Å². The van der Waals surface area contributed by atoms with Gasteiger partial charge in [-0.1, -0.05) is 27.7 Å². The minimum absolute atomic E-state index is 0.856. The Kier molecular flexibility index (Phi) is 4.00. The molecule has 84 valence electrons. The lowest BCUT2D eigenvalue weighted by atomic mass is 10.1. The highest BCUT2D eigenvalue weighted by Crippen LogP contribution is 2.44. The van der Waals surface area contributed by atoms with E-state index in [-0.39, 0.29) is 0 Å². The summed E-state index contributed by atoms with van der Waals surface area (Å²) in [5.41, 5.74) is 2.11.